The van der Waals surface area contributed by atoms with Crippen LogP contribution in [0.4, 0.5) is 24.9 Å². The molecule has 1 aliphatic rings. The maximum absolute atomic E-state index is 13.4. The Balaban J connectivity index is 1.60. The summed E-state index contributed by atoms with van der Waals surface area (Å²) in [6, 6.07) is 7.00. The first-order chi connectivity index (χ1) is 15.8. The van der Waals surface area contributed by atoms with Crippen LogP contribution in [0.2, 0.25) is 0 Å². The van der Waals surface area contributed by atoms with Gasteiger partial charge in [0, 0.05) is 49.8 Å². The van der Waals surface area contributed by atoms with Gasteiger partial charge in [0.05, 0.1) is 5.56 Å². The van der Waals surface area contributed by atoms with Crippen LogP contribution in [0, 0.1) is 0 Å². The van der Waals surface area contributed by atoms with Gasteiger partial charge in [0.1, 0.15) is 0 Å². The number of nitrogens with zero attached hydrogens (tertiary/aromatic N) is 5. The molecule has 3 N–H and O–H groups in total. The number of piperidine rings is 1. The fourth-order valence-corrected chi connectivity index (χ4v) is 4.04. The van der Waals surface area contributed by atoms with E-state index >= 15 is 0 Å². The van der Waals surface area contributed by atoms with Crippen LogP contribution in [-0.4, -0.2) is 45.5 Å². The standard InChI is InChI=1S/C22H22F3N7O/c23-22(24,25)16-4-1-3-15(13-16)21(14-31-19(33)17-18(26)28-10-9-27-17)5-11-32(12-6-21)20-29-7-2-8-30-20/h1-4,7-10,13H,5-6,11-12,14H2,(H2,26,28)(H,31,33). The van der Waals surface area contributed by atoms with Gasteiger partial charge in [-0.3, -0.25) is 4.79 Å². The molecule has 172 valence electrons. The summed E-state index contributed by atoms with van der Waals surface area (Å²) in [5.74, 6) is 0.0199. The maximum Gasteiger partial charge on any atom is 0.416 e. The van der Waals surface area contributed by atoms with Crippen molar-refractivity contribution in [1.82, 2.24) is 25.3 Å². The van der Waals surface area contributed by atoms with Gasteiger partial charge in [-0.25, -0.2) is 19.9 Å². The lowest BCUT2D eigenvalue weighted by atomic mass is 9.72. The van der Waals surface area contributed by atoms with E-state index in [-0.39, 0.29) is 18.1 Å². The number of nitrogen functional groups attached to an aromatic ring is 1. The molecule has 0 bridgehead atoms. The Kier molecular flexibility index (Phi) is 6.12. The molecule has 33 heavy (non-hydrogen) atoms. The van der Waals surface area contributed by atoms with Gasteiger partial charge in [0.2, 0.25) is 5.95 Å². The first kappa shape index (κ1) is 22.4. The first-order valence-electron chi connectivity index (χ1n) is 10.3. The molecule has 3 heterocycles. The van der Waals surface area contributed by atoms with Gasteiger partial charge in [-0.2, -0.15) is 13.2 Å². The van der Waals surface area contributed by atoms with Crippen LogP contribution in [0.3, 0.4) is 0 Å². The van der Waals surface area contributed by atoms with E-state index in [1.54, 1.807) is 24.5 Å². The van der Waals surface area contributed by atoms with Crippen LogP contribution in [0.1, 0.15) is 34.5 Å². The molecule has 11 heteroatoms. The maximum atomic E-state index is 13.4. The molecule has 0 unspecified atom stereocenters. The van der Waals surface area contributed by atoms with Gasteiger partial charge in [0.15, 0.2) is 11.5 Å². The predicted octanol–water partition coefficient (Wildman–Crippen LogP) is 2.84. The van der Waals surface area contributed by atoms with Crippen molar-refractivity contribution in [1.29, 1.82) is 0 Å². The zero-order valence-electron chi connectivity index (χ0n) is 17.6. The van der Waals surface area contributed by atoms with Crippen molar-refractivity contribution in [3.05, 3.63) is 71.9 Å². The smallest absolute Gasteiger partial charge is 0.382 e. The average Bonchev–Trinajstić information content (AvgIpc) is 2.83. The molecule has 1 saturated heterocycles. The van der Waals surface area contributed by atoms with E-state index in [9.17, 15) is 18.0 Å². The molecule has 0 saturated carbocycles. The van der Waals surface area contributed by atoms with Crippen LogP contribution >= 0.6 is 0 Å². The lowest BCUT2D eigenvalue weighted by Crippen LogP contribution is -2.49. The third-order valence-corrected chi connectivity index (χ3v) is 5.89. The molecule has 0 atom stereocenters. The second-order valence-corrected chi connectivity index (χ2v) is 7.87. The summed E-state index contributed by atoms with van der Waals surface area (Å²) >= 11 is 0. The highest BCUT2D eigenvalue weighted by Crippen LogP contribution is 2.39. The van der Waals surface area contributed by atoms with Crippen LogP contribution in [-0.2, 0) is 11.6 Å². The Labute approximate surface area is 188 Å². The van der Waals surface area contributed by atoms with Crippen molar-refractivity contribution >= 4 is 17.7 Å². The molecule has 4 rings (SSSR count). The number of halogens is 3. The predicted molar refractivity (Wildman–Crippen MR) is 115 cm³/mol. The minimum absolute atomic E-state index is 0.0147. The lowest BCUT2D eigenvalue weighted by molar-refractivity contribution is -0.137. The van der Waals surface area contributed by atoms with Crippen LogP contribution in [0.15, 0.2) is 55.1 Å². The molecular weight excluding hydrogens is 435 g/mol. The van der Waals surface area contributed by atoms with Crippen molar-refractivity contribution in [2.45, 2.75) is 24.4 Å². The Morgan fingerprint density at radius 2 is 1.73 bits per heavy atom. The minimum Gasteiger partial charge on any atom is -0.382 e. The van der Waals surface area contributed by atoms with E-state index in [0.717, 1.165) is 12.1 Å². The van der Waals surface area contributed by atoms with E-state index in [4.69, 9.17) is 5.73 Å². The van der Waals surface area contributed by atoms with E-state index < -0.39 is 23.1 Å². The molecule has 8 nitrogen and oxygen atoms in total. The number of nitrogens with one attached hydrogen (secondary N) is 1. The first-order valence-corrected chi connectivity index (χ1v) is 10.3. The number of carbonyl (C=O) groups excluding carboxylic acids is 1. The van der Waals surface area contributed by atoms with Crippen LogP contribution in [0.5, 0.6) is 0 Å². The van der Waals surface area contributed by atoms with E-state index in [2.05, 4.69) is 25.3 Å². The van der Waals surface area contributed by atoms with Crippen molar-refractivity contribution in [3.63, 3.8) is 0 Å². The number of nitrogens with two attached hydrogens (primary N) is 1. The third kappa shape index (κ3) is 4.86. The summed E-state index contributed by atoms with van der Waals surface area (Å²) in [4.78, 5) is 31.0. The average molecular weight is 457 g/mol. The number of rotatable bonds is 5. The zero-order valence-corrected chi connectivity index (χ0v) is 17.6. The molecule has 0 aliphatic carbocycles. The van der Waals surface area contributed by atoms with Gasteiger partial charge in [-0.05, 0) is 30.5 Å². The SMILES string of the molecule is Nc1nccnc1C(=O)NCC1(c2cccc(C(F)(F)F)c2)CCN(c2ncccn2)CC1. The summed E-state index contributed by atoms with van der Waals surface area (Å²) in [5.41, 5.74) is 4.79. The molecule has 3 aromatic rings. The number of benzene rings is 1. The molecular formula is C22H22F3N7O. The molecule has 1 aliphatic heterocycles. The summed E-state index contributed by atoms with van der Waals surface area (Å²) in [6.45, 7) is 1.15. The Morgan fingerprint density at radius 1 is 1.03 bits per heavy atom. The van der Waals surface area contributed by atoms with Gasteiger partial charge in [0.25, 0.3) is 5.91 Å². The number of aromatic nitrogens is 4. The summed E-state index contributed by atoms with van der Waals surface area (Å²) in [6.07, 6.45) is 2.52. The second kappa shape index (κ2) is 9.00. The lowest BCUT2D eigenvalue weighted by Gasteiger charge is -2.42. The quantitative estimate of drug-likeness (QED) is 0.606. The second-order valence-electron chi connectivity index (χ2n) is 7.87. The van der Waals surface area contributed by atoms with Crippen molar-refractivity contribution in [2.24, 2.45) is 0 Å². The molecule has 0 spiro atoms. The number of hydrogen-bond donors (Lipinski definition) is 2. The molecule has 0 radical (unpaired) electrons. The van der Waals surface area contributed by atoms with Crippen molar-refractivity contribution in [2.75, 3.05) is 30.3 Å². The number of hydrogen-bond acceptors (Lipinski definition) is 7. The highest BCUT2D eigenvalue weighted by atomic mass is 19.4. The van der Waals surface area contributed by atoms with Crippen molar-refractivity contribution < 1.29 is 18.0 Å². The Hall–Kier alpha value is -3.76. The van der Waals surface area contributed by atoms with E-state index in [0.29, 0.717) is 37.4 Å². The highest BCUT2D eigenvalue weighted by Gasteiger charge is 2.39. The number of alkyl halides is 3. The van der Waals surface area contributed by atoms with Gasteiger partial charge in [-0.15, -0.1) is 0 Å². The summed E-state index contributed by atoms with van der Waals surface area (Å²) in [5, 5.41) is 2.81. The van der Waals surface area contributed by atoms with Gasteiger partial charge >= 0.3 is 6.18 Å². The summed E-state index contributed by atoms with van der Waals surface area (Å²) < 4.78 is 40.2. The number of anilines is 2. The largest absolute Gasteiger partial charge is 0.416 e. The molecule has 2 aromatic heterocycles. The Morgan fingerprint density at radius 3 is 2.39 bits per heavy atom. The highest BCUT2D eigenvalue weighted by molar-refractivity contribution is 5.96. The number of amides is 1. The normalized spacial score (nSPS) is 15.8. The topological polar surface area (TPSA) is 110 Å². The summed E-state index contributed by atoms with van der Waals surface area (Å²) in [7, 11) is 0. The molecule has 1 fully saturated rings. The van der Waals surface area contributed by atoms with E-state index in [1.165, 1.54) is 18.5 Å². The van der Waals surface area contributed by atoms with E-state index in [1.807, 2.05) is 4.90 Å². The van der Waals surface area contributed by atoms with Crippen LogP contribution < -0.4 is 16.0 Å². The zero-order chi connectivity index (χ0) is 23.5. The number of carbonyl (C=O) groups is 1. The Bertz CT molecular complexity index is 1120. The minimum atomic E-state index is -4.47. The monoisotopic (exact) mass is 457 g/mol. The fraction of sp³-hybridized carbons (Fsp3) is 0.318. The third-order valence-electron chi connectivity index (χ3n) is 5.89. The van der Waals surface area contributed by atoms with Crippen molar-refractivity contribution in [3.8, 4) is 0 Å². The van der Waals surface area contributed by atoms with Gasteiger partial charge in [-0.1, -0.05) is 18.2 Å². The molecule has 1 aromatic carbocycles. The fourth-order valence-electron chi connectivity index (χ4n) is 4.04. The van der Waals surface area contributed by atoms with Gasteiger partial charge < -0.3 is 16.0 Å². The molecule has 1 amide bonds. The van der Waals surface area contributed by atoms with Crippen LogP contribution in [0.25, 0.3) is 0 Å².